The van der Waals surface area contributed by atoms with E-state index in [1.165, 1.54) is 7.11 Å². The molecule has 102 valence electrons. The van der Waals surface area contributed by atoms with E-state index in [9.17, 15) is 9.59 Å². The summed E-state index contributed by atoms with van der Waals surface area (Å²) in [5.74, 6) is -0.807. The number of hydrogen-bond donors (Lipinski definition) is 1. The average Bonchev–Trinajstić information content (AvgIpc) is 2.81. The van der Waals surface area contributed by atoms with Crippen molar-refractivity contribution in [2.24, 2.45) is 5.92 Å². The Balaban J connectivity index is 2.16. The van der Waals surface area contributed by atoms with E-state index < -0.39 is 0 Å². The molecule has 1 aromatic carbocycles. The lowest BCUT2D eigenvalue weighted by Gasteiger charge is -2.17. The molecule has 1 amide bonds. The van der Waals surface area contributed by atoms with Gasteiger partial charge in [0.05, 0.1) is 13.0 Å². The summed E-state index contributed by atoms with van der Waals surface area (Å²) in [7, 11) is 1.33. The number of methoxy groups -OCH3 is 1. The number of nitrogens with zero attached hydrogens (tertiary/aromatic N) is 1. The van der Waals surface area contributed by atoms with Crippen molar-refractivity contribution >= 4 is 17.6 Å². The summed E-state index contributed by atoms with van der Waals surface area (Å²) in [6.07, 6.45) is 0.743. The van der Waals surface area contributed by atoms with Crippen molar-refractivity contribution in [2.75, 3.05) is 25.2 Å². The van der Waals surface area contributed by atoms with Gasteiger partial charge in [0.25, 0.3) is 0 Å². The standard InChI is InChI=1S/C14H17NO4/c1-19-14(18)11-8-13(17)15(9-11)12-4-2-3-10(7-12)5-6-16/h2-4,7,11,16H,5-6,8-9H2,1H3. The number of carbonyl (C=O) groups excluding carboxylic acids is 2. The molecule has 1 fully saturated rings. The lowest BCUT2D eigenvalue weighted by Crippen LogP contribution is -2.26. The van der Waals surface area contributed by atoms with Crippen molar-refractivity contribution in [3.05, 3.63) is 29.8 Å². The van der Waals surface area contributed by atoms with Crippen LogP contribution in [0.2, 0.25) is 0 Å². The van der Waals surface area contributed by atoms with Gasteiger partial charge in [-0.3, -0.25) is 9.59 Å². The van der Waals surface area contributed by atoms with Crippen molar-refractivity contribution < 1.29 is 19.4 Å². The number of rotatable bonds is 4. The average molecular weight is 263 g/mol. The Morgan fingerprint density at radius 3 is 3.00 bits per heavy atom. The number of benzene rings is 1. The van der Waals surface area contributed by atoms with Crippen LogP contribution in [0.4, 0.5) is 5.69 Å². The third-order valence-electron chi connectivity index (χ3n) is 3.28. The Labute approximate surface area is 111 Å². The zero-order chi connectivity index (χ0) is 13.8. The molecule has 1 aliphatic heterocycles. The highest BCUT2D eigenvalue weighted by Gasteiger charge is 2.35. The Morgan fingerprint density at radius 2 is 2.32 bits per heavy atom. The Hall–Kier alpha value is -1.88. The number of aliphatic hydroxyl groups is 1. The molecule has 5 heteroatoms. The van der Waals surface area contributed by atoms with E-state index in [0.29, 0.717) is 13.0 Å². The van der Waals surface area contributed by atoms with Gasteiger partial charge in [-0.2, -0.15) is 0 Å². The highest BCUT2D eigenvalue weighted by atomic mass is 16.5. The minimum atomic E-state index is -0.390. The molecule has 5 nitrogen and oxygen atoms in total. The van der Waals surface area contributed by atoms with E-state index >= 15 is 0 Å². The number of hydrogen-bond acceptors (Lipinski definition) is 4. The Kier molecular flexibility index (Phi) is 4.16. The molecule has 0 aromatic heterocycles. The van der Waals surface area contributed by atoms with Crippen LogP contribution in [0.1, 0.15) is 12.0 Å². The lowest BCUT2D eigenvalue weighted by atomic mass is 10.1. The summed E-state index contributed by atoms with van der Waals surface area (Å²) in [6, 6.07) is 7.45. The molecule has 19 heavy (non-hydrogen) atoms. The molecule has 0 radical (unpaired) electrons. The quantitative estimate of drug-likeness (QED) is 0.814. The maximum absolute atomic E-state index is 11.9. The number of aliphatic hydroxyl groups excluding tert-OH is 1. The molecular formula is C14H17NO4. The molecule has 0 aliphatic carbocycles. The second-order valence-electron chi connectivity index (χ2n) is 4.57. The van der Waals surface area contributed by atoms with Crippen molar-refractivity contribution in [1.82, 2.24) is 0 Å². The van der Waals surface area contributed by atoms with Gasteiger partial charge in [-0.1, -0.05) is 12.1 Å². The van der Waals surface area contributed by atoms with Gasteiger partial charge >= 0.3 is 5.97 Å². The molecule has 2 rings (SSSR count). The van der Waals surface area contributed by atoms with Crippen LogP contribution in [0.5, 0.6) is 0 Å². The van der Waals surface area contributed by atoms with Gasteiger partial charge in [0, 0.05) is 25.3 Å². The highest BCUT2D eigenvalue weighted by molar-refractivity contribution is 5.99. The molecule has 0 spiro atoms. The van der Waals surface area contributed by atoms with Crippen molar-refractivity contribution in [3.8, 4) is 0 Å². The van der Waals surface area contributed by atoms with E-state index in [1.807, 2.05) is 24.3 Å². The normalized spacial score (nSPS) is 18.7. The fraction of sp³-hybridized carbons (Fsp3) is 0.429. The van der Waals surface area contributed by atoms with Crippen LogP contribution >= 0.6 is 0 Å². The first-order valence-corrected chi connectivity index (χ1v) is 6.23. The fourth-order valence-corrected chi connectivity index (χ4v) is 2.29. The van der Waals surface area contributed by atoms with Gasteiger partial charge < -0.3 is 14.7 Å². The minimum absolute atomic E-state index is 0.0716. The molecule has 1 heterocycles. The first-order valence-electron chi connectivity index (χ1n) is 6.23. The topological polar surface area (TPSA) is 66.8 Å². The van der Waals surface area contributed by atoms with Crippen molar-refractivity contribution in [2.45, 2.75) is 12.8 Å². The van der Waals surface area contributed by atoms with Gasteiger partial charge in [-0.15, -0.1) is 0 Å². The minimum Gasteiger partial charge on any atom is -0.469 e. The number of amides is 1. The second-order valence-corrected chi connectivity index (χ2v) is 4.57. The predicted molar refractivity (Wildman–Crippen MR) is 69.7 cm³/mol. The van der Waals surface area contributed by atoms with E-state index in [2.05, 4.69) is 4.74 Å². The van der Waals surface area contributed by atoms with Crippen molar-refractivity contribution in [1.29, 1.82) is 0 Å². The maximum atomic E-state index is 11.9. The van der Waals surface area contributed by atoms with Crippen molar-refractivity contribution in [3.63, 3.8) is 0 Å². The monoisotopic (exact) mass is 263 g/mol. The molecule has 1 unspecified atom stereocenters. The zero-order valence-electron chi connectivity index (χ0n) is 10.8. The highest BCUT2D eigenvalue weighted by Crippen LogP contribution is 2.26. The van der Waals surface area contributed by atoms with Crippen LogP contribution in [0.3, 0.4) is 0 Å². The molecule has 1 N–H and O–H groups in total. The van der Waals surface area contributed by atoms with Crippen LogP contribution in [0, 0.1) is 5.92 Å². The zero-order valence-corrected chi connectivity index (χ0v) is 10.8. The Bertz CT molecular complexity index is 486. The summed E-state index contributed by atoms with van der Waals surface area (Å²) in [5, 5.41) is 8.93. The summed E-state index contributed by atoms with van der Waals surface area (Å²) >= 11 is 0. The molecule has 0 bridgehead atoms. The van der Waals surface area contributed by atoms with Gasteiger partial charge in [0.2, 0.25) is 5.91 Å². The third kappa shape index (κ3) is 2.93. The smallest absolute Gasteiger partial charge is 0.311 e. The lowest BCUT2D eigenvalue weighted by molar-refractivity contribution is -0.145. The summed E-state index contributed by atoms with van der Waals surface area (Å²) in [4.78, 5) is 25.0. The van der Waals surface area contributed by atoms with Crippen LogP contribution in [-0.2, 0) is 20.7 Å². The molecule has 1 aliphatic rings. The fourth-order valence-electron chi connectivity index (χ4n) is 2.29. The van der Waals surface area contributed by atoms with Gasteiger partial charge in [0.1, 0.15) is 0 Å². The molecule has 1 saturated heterocycles. The van der Waals surface area contributed by atoms with E-state index in [4.69, 9.17) is 5.11 Å². The maximum Gasteiger partial charge on any atom is 0.311 e. The molecular weight excluding hydrogens is 246 g/mol. The summed E-state index contributed by atoms with van der Waals surface area (Å²) < 4.78 is 4.68. The number of ether oxygens (including phenoxy) is 1. The SMILES string of the molecule is COC(=O)C1CC(=O)N(c2cccc(CCO)c2)C1. The van der Waals surface area contributed by atoms with Gasteiger partial charge in [-0.25, -0.2) is 0 Å². The second kappa shape index (κ2) is 5.84. The number of carbonyl (C=O) groups is 2. The van der Waals surface area contributed by atoms with Crippen LogP contribution in [0.25, 0.3) is 0 Å². The van der Waals surface area contributed by atoms with E-state index in [-0.39, 0.29) is 30.8 Å². The van der Waals surface area contributed by atoms with Crippen LogP contribution in [-0.4, -0.2) is 37.2 Å². The summed E-state index contributed by atoms with van der Waals surface area (Å²) in [6.45, 7) is 0.427. The predicted octanol–water partition coefficient (Wildman–Crippen LogP) is 0.747. The molecule has 1 aromatic rings. The van der Waals surface area contributed by atoms with Gasteiger partial charge in [0.15, 0.2) is 0 Å². The number of anilines is 1. The Morgan fingerprint density at radius 1 is 1.53 bits per heavy atom. The van der Waals surface area contributed by atoms with E-state index in [0.717, 1.165) is 11.3 Å². The first kappa shape index (κ1) is 13.5. The van der Waals surface area contributed by atoms with Crippen LogP contribution < -0.4 is 4.90 Å². The summed E-state index contributed by atoms with van der Waals surface area (Å²) in [5.41, 5.74) is 1.73. The van der Waals surface area contributed by atoms with E-state index in [1.54, 1.807) is 4.90 Å². The largest absolute Gasteiger partial charge is 0.469 e. The molecule has 1 atom stereocenters. The van der Waals surface area contributed by atoms with Gasteiger partial charge in [-0.05, 0) is 24.1 Å². The molecule has 0 saturated carbocycles. The number of esters is 1. The van der Waals surface area contributed by atoms with Crippen LogP contribution in [0.15, 0.2) is 24.3 Å². The first-order chi connectivity index (χ1) is 9.15. The third-order valence-corrected chi connectivity index (χ3v) is 3.28.